The number of imidazole rings is 1. The molecule has 3 rings (SSSR count). The molecule has 0 bridgehead atoms. The van der Waals surface area contributed by atoms with Crippen molar-refractivity contribution >= 4 is 11.6 Å². The molecule has 0 radical (unpaired) electrons. The molecule has 1 N–H and O–H groups in total. The summed E-state index contributed by atoms with van der Waals surface area (Å²) < 4.78 is 20.5. The summed E-state index contributed by atoms with van der Waals surface area (Å²) >= 11 is 0. The summed E-state index contributed by atoms with van der Waals surface area (Å²) in [6.45, 7) is 3.90. The van der Waals surface area contributed by atoms with E-state index >= 15 is 0 Å². The highest BCUT2D eigenvalue weighted by molar-refractivity contribution is 5.76. The number of nitrogens with one attached hydrogen (secondary N) is 1. The van der Waals surface area contributed by atoms with Gasteiger partial charge in [-0.25, -0.2) is 9.37 Å². The lowest BCUT2D eigenvalue weighted by Gasteiger charge is -2.07. The first-order valence-corrected chi connectivity index (χ1v) is 9.25. The second kappa shape index (κ2) is 9.28. The van der Waals surface area contributed by atoms with Crippen molar-refractivity contribution in [2.24, 2.45) is 0 Å². The number of carbonyl (C=O) groups is 1. The number of ether oxygens (including phenoxy) is 1. The Morgan fingerprint density at radius 2 is 2.04 bits per heavy atom. The number of hydrogen-bond acceptors (Lipinski definition) is 3. The van der Waals surface area contributed by atoms with E-state index in [1.165, 1.54) is 12.1 Å². The Kier molecular flexibility index (Phi) is 6.54. The zero-order valence-electron chi connectivity index (χ0n) is 15.5. The molecule has 0 aliphatic rings. The van der Waals surface area contributed by atoms with Gasteiger partial charge in [0.05, 0.1) is 11.4 Å². The zero-order chi connectivity index (χ0) is 19.1. The standard InChI is InChI=1S/C21H24FN3O2/c1-2-27-15-5-13-23-20(26)12-11-18-21(16-7-9-17(22)10-8-16)24-19-6-3-4-14-25(18)19/h3-4,6-10,14H,2,5,11-13,15H2,1H3,(H,23,26). The molecular formula is C21H24FN3O2. The average Bonchev–Trinajstić information content (AvgIpc) is 3.05. The van der Waals surface area contributed by atoms with Crippen LogP contribution in [0.3, 0.4) is 0 Å². The van der Waals surface area contributed by atoms with Crippen molar-refractivity contribution in [3.63, 3.8) is 0 Å². The van der Waals surface area contributed by atoms with Gasteiger partial charge in [0.1, 0.15) is 11.5 Å². The molecule has 0 saturated heterocycles. The van der Waals surface area contributed by atoms with Gasteiger partial charge < -0.3 is 14.5 Å². The van der Waals surface area contributed by atoms with Crippen molar-refractivity contribution in [2.75, 3.05) is 19.8 Å². The number of amides is 1. The predicted octanol–water partition coefficient (Wildman–Crippen LogP) is 3.62. The topological polar surface area (TPSA) is 55.6 Å². The van der Waals surface area contributed by atoms with Crippen LogP contribution in [0.5, 0.6) is 0 Å². The Labute approximate surface area is 158 Å². The van der Waals surface area contributed by atoms with Crippen LogP contribution in [0.4, 0.5) is 4.39 Å². The number of benzene rings is 1. The number of aryl methyl sites for hydroxylation is 1. The molecule has 0 fully saturated rings. The minimum atomic E-state index is -0.282. The van der Waals surface area contributed by atoms with Gasteiger partial charge in [-0.2, -0.15) is 0 Å². The molecule has 0 saturated carbocycles. The molecule has 2 heterocycles. The van der Waals surface area contributed by atoms with E-state index in [1.54, 1.807) is 12.1 Å². The molecule has 0 atom stereocenters. The largest absolute Gasteiger partial charge is 0.382 e. The Balaban J connectivity index is 1.72. The minimum absolute atomic E-state index is 0.00226. The molecule has 3 aromatic rings. The van der Waals surface area contributed by atoms with Crippen molar-refractivity contribution in [1.82, 2.24) is 14.7 Å². The van der Waals surface area contributed by atoms with Crippen molar-refractivity contribution in [3.8, 4) is 11.3 Å². The number of hydrogen-bond donors (Lipinski definition) is 1. The SMILES string of the molecule is CCOCCCNC(=O)CCc1c(-c2ccc(F)cc2)nc2ccccn12. The zero-order valence-corrected chi connectivity index (χ0v) is 15.5. The number of pyridine rings is 1. The fraction of sp³-hybridized carbons (Fsp3) is 0.333. The van der Waals surface area contributed by atoms with Crippen molar-refractivity contribution < 1.29 is 13.9 Å². The van der Waals surface area contributed by atoms with Crippen LogP contribution in [0.1, 0.15) is 25.5 Å². The summed E-state index contributed by atoms with van der Waals surface area (Å²) in [5.41, 5.74) is 3.38. The lowest BCUT2D eigenvalue weighted by Crippen LogP contribution is -2.25. The van der Waals surface area contributed by atoms with Gasteiger partial charge in [-0.05, 0) is 56.2 Å². The maximum absolute atomic E-state index is 13.3. The van der Waals surface area contributed by atoms with Gasteiger partial charge in [0, 0.05) is 37.9 Å². The highest BCUT2D eigenvalue weighted by atomic mass is 19.1. The van der Waals surface area contributed by atoms with Gasteiger partial charge in [0.25, 0.3) is 0 Å². The summed E-state index contributed by atoms with van der Waals surface area (Å²) in [5.74, 6) is -0.280. The van der Waals surface area contributed by atoms with Gasteiger partial charge >= 0.3 is 0 Å². The van der Waals surface area contributed by atoms with Gasteiger partial charge in [-0.3, -0.25) is 4.79 Å². The van der Waals surface area contributed by atoms with Gasteiger partial charge in [-0.1, -0.05) is 6.07 Å². The average molecular weight is 369 g/mol. The van der Waals surface area contributed by atoms with Crippen LogP contribution in [0.15, 0.2) is 48.7 Å². The van der Waals surface area contributed by atoms with Crippen LogP contribution in [0.25, 0.3) is 16.9 Å². The van der Waals surface area contributed by atoms with Crippen LogP contribution < -0.4 is 5.32 Å². The van der Waals surface area contributed by atoms with Crippen LogP contribution in [0, 0.1) is 5.82 Å². The van der Waals surface area contributed by atoms with Gasteiger partial charge in [0.2, 0.25) is 5.91 Å². The van der Waals surface area contributed by atoms with Gasteiger partial charge in [-0.15, -0.1) is 0 Å². The third kappa shape index (κ3) is 4.92. The second-order valence-corrected chi connectivity index (χ2v) is 6.24. The van der Waals surface area contributed by atoms with Crippen molar-refractivity contribution in [3.05, 3.63) is 60.2 Å². The highest BCUT2D eigenvalue weighted by Gasteiger charge is 2.15. The molecule has 142 valence electrons. The van der Waals surface area contributed by atoms with E-state index in [0.29, 0.717) is 32.6 Å². The van der Waals surface area contributed by atoms with E-state index < -0.39 is 0 Å². The van der Waals surface area contributed by atoms with Crippen molar-refractivity contribution in [1.29, 1.82) is 0 Å². The third-order valence-electron chi connectivity index (χ3n) is 4.33. The fourth-order valence-corrected chi connectivity index (χ4v) is 2.99. The monoisotopic (exact) mass is 369 g/mol. The first-order valence-electron chi connectivity index (χ1n) is 9.25. The number of halogens is 1. The number of aromatic nitrogens is 2. The molecule has 6 heteroatoms. The maximum atomic E-state index is 13.3. The molecule has 0 unspecified atom stereocenters. The number of carbonyl (C=O) groups excluding carboxylic acids is 1. The number of rotatable bonds is 9. The Morgan fingerprint density at radius 1 is 1.22 bits per heavy atom. The summed E-state index contributed by atoms with van der Waals surface area (Å²) in [6, 6.07) is 12.1. The highest BCUT2D eigenvalue weighted by Crippen LogP contribution is 2.25. The normalized spacial score (nSPS) is 11.0. The fourth-order valence-electron chi connectivity index (χ4n) is 2.99. The molecule has 1 amide bonds. The smallest absolute Gasteiger partial charge is 0.220 e. The van der Waals surface area contributed by atoms with E-state index in [4.69, 9.17) is 4.74 Å². The molecule has 0 spiro atoms. The van der Waals surface area contributed by atoms with Crippen molar-refractivity contribution in [2.45, 2.75) is 26.2 Å². The first kappa shape index (κ1) is 19.0. The lowest BCUT2D eigenvalue weighted by atomic mass is 10.1. The molecular weight excluding hydrogens is 345 g/mol. The number of nitrogens with zero attached hydrogens (tertiary/aromatic N) is 2. The maximum Gasteiger partial charge on any atom is 0.220 e. The van der Waals surface area contributed by atoms with E-state index in [1.807, 2.05) is 35.7 Å². The van der Waals surface area contributed by atoms with Gasteiger partial charge in [0.15, 0.2) is 0 Å². The van der Waals surface area contributed by atoms with E-state index in [2.05, 4.69) is 10.3 Å². The first-order chi connectivity index (χ1) is 13.2. The molecule has 2 aromatic heterocycles. The summed E-state index contributed by atoms with van der Waals surface area (Å²) in [7, 11) is 0. The van der Waals surface area contributed by atoms with E-state index in [-0.39, 0.29) is 11.7 Å². The third-order valence-corrected chi connectivity index (χ3v) is 4.33. The molecule has 0 aliphatic carbocycles. The lowest BCUT2D eigenvalue weighted by molar-refractivity contribution is -0.121. The molecule has 27 heavy (non-hydrogen) atoms. The Morgan fingerprint density at radius 3 is 2.81 bits per heavy atom. The van der Waals surface area contributed by atoms with Crippen LogP contribution >= 0.6 is 0 Å². The molecule has 5 nitrogen and oxygen atoms in total. The Hall–Kier alpha value is -2.73. The number of fused-ring (bicyclic) bond motifs is 1. The van der Waals surface area contributed by atoms with Crippen LogP contribution in [-0.4, -0.2) is 35.1 Å². The second-order valence-electron chi connectivity index (χ2n) is 6.24. The summed E-state index contributed by atoms with van der Waals surface area (Å²) in [4.78, 5) is 16.8. The van der Waals surface area contributed by atoms with E-state index in [0.717, 1.165) is 29.0 Å². The summed E-state index contributed by atoms with van der Waals surface area (Å²) in [5, 5.41) is 2.92. The quantitative estimate of drug-likeness (QED) is 0.586. The predicted molar refractivity (Wildman–Crippen MR) is 103 cm³/mol. The minimum Gasteiger partial charge on any atom is -0.382 e. The Bertz CT molecular complexity index is 890. The molecule has 1 aromatic carbocycles. The van der Waals surface area contributed by atoms with E-state index in [9.17, 15) is 9.18 Å². The molecule has 0 aliphatic heterocycles. The summed E-state index contributed by atoms with van der Waals surface area (Å²) in [6.07, 6.45) is 3.65. The van der Waals surface area contributed by atoms with Crippen LogP contribution in [-0.2, 0) is 16.0 Å². The van der Waals surface area contributed by atoms with Crippen LogP contribution in [0.2, 0.25) is 0 Å².